The van der Waals surface area contributed by atoms with Crippen molar-refractivity contribution in [2.45, 2.75) is 6.42 Å². The molecule has 1 aliphatic rings. The number of benzene rings is 1. The zero-order valence-corrected chi connectivity index (χ0v) is 11.4. The Morgan fingerprint density at radius 3 is 2.74 bits per heavy atom. The second-order valence-corrected chi connectivity index (χ2v) is 6.33. The van der Waals surface area contributed by atoms with Crippen molar-refractivity contribution >= 4 is 39.1 Å². The van der Waals surface area contributed by atoms with Crippen molar-refractivity contribution in [2.24, 2.45) is 5.92 Å². The summed E-state index contributed by atoms with van der Waals surface area (Å²) in [7, 11) is -4.58. The molecule has 1 aliphatic heterocycles. The maximum absolute atomic E-state index is 12.6. The van der Waals surface area contributed by atoms with Crippen LogP contribution in [0.5, 0.6) is 0 Å². The van der Waals surface area contributed by atoms with Gasteiger partial charge in [0.15, 0.2) is 0 Å². The Morgan fingerprint density at radius 1 is 1.47 bits per heavy atom. The van der Waals surface area contributed by atoms with Crippen LogP contribution in [0.25, 0.3) is 0 Å². The first-order valence-corrected chi connectivity index (χ1v) is 7.47. The lowest BCUT2D eigenvalue weighted by Crippen LogP contribution is -2.26. The summed E-state index contributed by atoms with van der Waals surface area (Å²) in [6, 6.07) is 4.67. The highest BCUT2D eigenvalue weighted by atomic mass is 35.5. The van der Waals surface area contributed by atoms with Crippen molar-refractivity contribution in [3.8, 4) is 0 Å². The first-order valence-electron chi connectivity index (χ1n) is 5.54. The van der Waals surface area contributed by atoms with Gasteiger partial charge in [0.05, 0.1) is 17.1 Å². The molecule has 0 spiro atoms. The number of amides is 1. The molecule has 1 atom stereocenters. The molecule has 2 rings (SSSR count). The number of nitrogens with two attached hydrogens (primary N) is 1. The SMILES string of the molecule is Nc1cc(Cl)ccc1N1CC(CS(=O)(=O)F)CC1=O. The minimum Gasteiger partial charge on any atom is -0.397 e. The standard InChI is InChI=1S/C11H12ClFN2O3S/c12-8-1-2-10(9(14)4-8)15-5-7(3-11(15)16)6-19(13,17)18/h1-2,4,7H,3,5-6,14H2. The smallest absolute Gasteiger partial charge is 0.302 e. The van der Waals surface area contributed by atoms with E-state index in [1.807, 2.05) is 0 Å². The third-order valence-corrected chi connectivity index (χ3v) is 4.02. The van der Waals surface area contributed by atoms with Crippen molar-refractivity contribution in [3.63, 3.8) is 0 Å². The van der Waals surface area contributed by atoms with Crippen molar-refractivity contribution in [2.75, 3.05) is 22.9 Å². The predicted octanol–water partition coefficient (Wildman–Crippen LogP) is 1.57. The van der Waals surface area contributed by atoms with Gasteiger partial charge in [0.2, 0.25) is 5.91 Å². The lowest BCUT2D eigenvalue weighted by molar-refractivity contribution is -0.117. The van der Waals surface area contributed by atoms with E-state index in [-0.39, 0.29) is 18.9 Å². The molecule has 0 radical (unpaired) electrons. The first-order chi connectivity index (χ1) is 8.76. The fourth-order valence-electron chi connectivity index (χ4n) is 2.18. The van der Waals surface area contributed by atoms with Crippen LogP contribution in [0, 0.1) is 5.92 Å². The van der Waals surface area contributed by atoms with Crippen LogP contribution in [0.2, 0.25) is 5.02 Å². The topological polar surface area (TPSA) is 80.5 Å². The number of hydrogen-bond acceptors (Lipinski definition) is 4. The van der Waals surface area contributed by atoms with E-state index in [9.17, 15) is 17.1 Å². The van der Waals surface area contributed by atoms with Gasteiger partial charge in [0.25, 0.3) is 0 Å². The highest BCUT2D eigenvalue weighted by molar-refractivity contribution is 7.86. The number of anilines is 2. The maximum atomic E-state index is 12.6. The Bertz CT molecular complexity index is 620. The highest BCUT2D eigenvalue weighted by Crippen LogP contribution is 2.32. The molecule has 0 aliphatic carbocycles. The van der Waals surface area contributed by atoms with Gasteiger partial charge in [0, 0.05) is 23.9 Å². The Hall–Kier alpha value is -1.34. The molecule has 1 fully saturated rings. The van der Waals surface area contributed by atoms with Gasteiger partial charge in [-0.15, -0.1) is 3.89 Å². The van der Waals surface area contributed by atoms with Gasteiger partial charge >= 0.3 is 10.2 Å². The Kier molecular flexibility index (Phi) is 3.69. The molecule has 1 unspecified atom stereocenters. The molecule has 104 valence electrons. The largest absolute Gasteiger partial charge is 0.397 e. The summed E-state index contributed by atoms with van der Waals surface area (Å²) in [6.07, 6.45) is -0.00871. The third-order valence-electron chi connectivity index (χ3n) is 2.92. The second kappa shape index (κ2) is 4.97. The van der Waals surface area contributed by atoms with E-state index in [0.717, 1.165) is 0 Å². The number of rotatable bonds is 3. The zero-order valence-electron chi connectivity index (χ0n) is 9.84. The molecule has 19 heavy (non-hydrogen) atoms. The summed E-state index contributed by atoms with van der Waals surface area (Å²) in [5.41, 5.74) is 6.56. The van der Waals surface area contributed by atoms with Gasteiger partial charge in [-0.1, -0.05) is 11.6 Å². The summed E-state index contributed by atoms with van der Waals surface area (Å²) < 4.78 is 33.8. The molecule has 8 heteroatoms. The molecule has 1 aromatic rings. The maximum Gasteiger partial charge on any atom is 0.302 e. The van der Waals surface area contributed by atoms with Gasteiger partial charge in [-0.2, -0.15) is 8.42 Å². The molecule has 0 bridgehead atoms. The van der Waals surface area contributed by atoms with E-state index in [2.05, 4.69) is 0 Å². The Labute approximate surface area is 115 Å². The molecule has 0 saturated carbocycles. The summed E-state index contributed by atoms with van der Waals surface area (Å²) in [6.45, 7) is 0.133. The average molecular weight is 307 g/mol. The van der Waals surface area contributed by atoms with E-state index in [4.69, 9.17) is 17.3 Å². The normalized spacial score (nSPS) is 20.0. The second-order valence-electron chi connectivity index (χ2n) is 4.48. The van der Waals surface area contributed by atoms with E-state index >= 15 is 0 Å². The molecule has 1 aromatic carbocycles. The number of carbonyl (C=O) groups excluding carboxylic acids is 1. The van der Waals surface area contributed by atoms with Crippen molar-refractivity contribution in [3.05, 3.63) is 23.2 Å². The van der Waals surface area contributed by atoms with Gasteiger partial charge in [-0.3, -0.25) is 4.79 Å². The molecule has 1 amide bonds. The van der Waals surface area contributed by atoms with E-state index in [0.29, 0.717) is 16.4 Å². The first kappa shape index (κ1) is 14.1. The summed E-state index contributed by atoms with van der Waals surface area (Å²) >= 11 is 5.76. The van der Waals surface area contributed by atoms with Gasteiger partial charge in [-0.05, 0) is 18.2 Å². The monoisotopic (exact) mass is 306 g/mol. The minimum absolute atomic E-state index is 0.00871. The molecule has 5 nitrogen and oxygen atoms in total. The Morgan fingerprint density at radius 2 is 2.16 bits per heavy atom. The minimum atomic E-state index is -4.58. The van der Waals surface area contributed by atoms with E-state index < -0.39 is 21.9 Å². The summed E-state index contributed by atoms with van der Waals surface area (Å²) in [5.74, 6) is -1.48. The predicted molar refractivity (Wildman–Crippen MR) is 71.2 cm³/mol. The molecule has 1 heterocycles. The van der Waals surface area contributed by atoms with Gasteiger partial charge < -0.3 is 10.6 Å². The lowest BCUT2D eigenvalue weighted by Gasteiger charge is -2.18. The van der Waals surface area contributed by atoms with Crippen LogP contribution in [0.3, 0.4) is 0 Å². The van der Waals surface area contributed by atoms with Crippen molar-refractivity contribution in [1.82, 2.24) is 0 Å². The van der Waals surface area contributed by atoms with Crippen LogP contribution in [0.4, 0.5) is 15.3 Å². The Balaban J connectivity index is 2.20. The molecule has 0 aromatic heterocycles. The van der Waals surface area contributed by atoms with Crippen LogP contribution >= 0.6 is 11.6 Å². The number of carbonyl (C=O) groups is 1. The number of hydrogen-bond donors (Lipinski definition) is 1. The fraction of sp³-hybridized carbons (Fsp3) is 0.364. The lowest BCUT2D eigenvalue weighted by atomic mass is 10.1. The van der Waals surface area contributed by atoms with Crippen LogP contribution in [0.15, 0.2) is 18.2 Å². The molecular weight excluding hydrogens is 295 g/mol. The van der Waals surface area contributed by atoms with Crippen LogP contribution in [0.1, 0.15) is 6.42 Å². The highest BCUT2D eigenvalue weighted by Gasteiger charge is 2.34. The summed E-state index contributed by atoms with van der Waals surface area (Å²) in [5, 5.41) is 0.441. The number of halogens is 2. The molecule has 2 N–H and O–H groups in total. The quantitative estimate of drug-likeness (QED) is 0.679. The van der Waals surface area contributed by atoms with Crippen molar-refractivity contribution in [1.29, 1.82) is 0 Å². The molecule has 1 saturated heterocycles. The summed E-state index contributed by atoms with van der Waals surface area (Å²) in [4.78, 5) is 13.2. The fourth-order valence-corrected chi connectivity index (χ4v) is 3.15. The van der Waals surface area contributed by atoms with Crippen LogP contribution in [-0.2, 0) is 15.0 Å². The van der Waals surface area contributed by atoms with Gasteiger partial charge in [0.1, 0.15) is 0 Å². The van der Waals surface area contributed by atoms with Crippen LogP contribution < -0.4 is 10.6 Å². The molecular formula is C11H12ClFN2O3S. The number of nitrogens with zero attached hydrogens (tertiary/aromatic N) is 1. The van der Waals surface area contributed by atoms with E-state index in [1.54, 1.807) is 12.1 Å². The van der Waals surface area contributed by atoms with Crippen LogP contribution in [-0.4, -0.2) is 26.6 Å². The van der Waals surface area contributed by atoms with Gasteiger partial charge in [-0.25, -0.2) is 0 Å². The van der Waals surface area contributed by atoms with E-state index in [1.165, 1.54) is 11.0 Å². The average Bonchev–Trinajstić information content (AvgIpc) is 2.56. The zero-order chi connectivity index (χ0) is 14.2. The third kappa shape index (κ3) is 3.36. The number of nitrogen functional groups attached to an aromatic ring is 1. The van der Waals surface area contributed by atoms with Crippen molar-refractivity contribution < 1.29 is 17.1 Å².